The van der Waals surface area contributed by atoms with Crippen molar-refractivity contribution < 1.29 is 23.4 Å². The van der Waals surface area contributed by atoms with Gasteiger partial charge in [-0.2, -0.15) is 5.10 Å². The van der Waals surface area contributed by atoms with Crippen molar-refractivity contribution in [2.75, 3.05) is 13.2 Å². The smallest absolute Gasteiger partial charge is 0.278 e. The van der Waals surface area contributed by atoms with E-state index >= 15 is 0 Å². The van der Waals surface area contributed by atoms with Crippen LogP contribution in [0.1, 0.15) is 48.4 Å². The molecule has 0 radical (unpaired) electrons. The Morgan fingerprint density at radius 1 is 1.32 bits per heavy atom. The first kappa shape index (κ1) is 22.6. The van der Waals surface area contributed by atoms with E-state index < -0.39 is 18.6 Å². The second-order valence-electron chi connectivity index (χ2n) is 7.82. The van der Waals surface area contributed by atoms with Gasteiger partial charge in [0.2, 0.25) is 0 Å². The lowest BCUT2D eigenvalue weighted by molar-refractivity contribution is -0.0231. The molecule has 2 atom stereocenters. The van der Waals surface area contributed by atoms with Crippen molar-refractivity contribution in [3.8, 4) is 5.75 Å². The molecular formula is C22H26F2N4O3. The van der Waals surface area contributed by atoms with Gasteiger partial charge in [-0.05, 0) is 44.0 Å². The Balaban J connectivity index is 1.84. The van der Waals surface area contributed by atoms with E-state index in [1.54, 1.807) is 36.9 Å². The summed E-state index contributed by atoms with van der Waals surface area (Å²) in [6.45, 7) is 5.59. The number of ether oxygens (including phenoxy) is 1. The van der Waals surface area contributed by atoms with Crippen LogP contribution in [0, 0.1) is 6.92 Å². The molecule has 9 heteroatoms. The Kier molecular flexibility index (Phi) is 6.54. The third kappa shape index (κ3) is 5.55. The van der Waals surface area contributed by atoms with Gasteiger partial charge in [-0.25, -0.2) is 8.78 Å². The molecule has 0 bridgehead atoms. The Morgan fingerprint density at radius 3 is 2.71 bits per heavy atom. The standard InChI is InChI=1S/C22H26F2N4O3/c1-13-9-16(5-6-19(13)31-12-22(4,23)24)15(3)28-11-17-18(27-28)7-8-25-20(17)21(30)26-10-14(2)29/h5-9,11,14-15,29H,10,12H2,1-4H3,(H,26,30). The van der Waals surface area contributed by atoms with Gasteiger partial charge in [-0.15, -0.1) is 0 Å². The predicted octanol–water partition coefficient (Wildman–Crippen LogP) is 3.49. The van der Waals surface area contributed by atoms with E-state index in [-0.39, 0.29) is 24.2 Å². The molecule has 0 spiro atoms. The third-order valence-corrected chi connectivity index (χ3v) is 4.78. The number of nitrogens with one attached hydrogen (secondary N) is 1. The highest BCUT2D eigenvalue weighted by Crippen LogP contribution is 2.27. The van der Waals surface area contributed by atoms with Gasteiger partial charge in [0.1, 0.15) is 11.4 Å². The number of hydrogen-bond acceptors (Lipinski definition) is 5. The Bertz CT molecular complexity index is 1080. The number of fused-ring (bicyclic) bond motifs is 1. The fraction of sp³-hybridized carbons (Fsp3) is 0.409. The van der Waals surface area contributed by atoms with Gasteiger partial charge in [-0.1, -0.05) is 12.1 Å². The Morgan fingerprint density at radius 2 is 2.06 bits per heavy atom. The molecule has 166 valence electrons. The minimum atomic E-state index is -2.90. The minimum Gasteiger partial charge on any atom is -0.487 e. The van der Waals surface area contributed by atoms with Crippen molar-refractivity contribution in [2.24, 2.45) is 0 Å². The first-order chi connectivity index (χ1) is 14.5. The zero-order chi connectivity index (χ0) is 22.8. The fourth-order valence-electron chi connectivity index (χ4n) is 3.12. The summed E-state index contributed by atoms with van der Waals surface area (Å²) in [6, 6.07) is 6.89. The van der Waals surface area contributed by atoms with Gasteiger partial charge in [0.05, 0.1) is 23.0 Å². The topological polar surface area (TPSA) is 89.3 Å². The number of nitrogens with zero attached hydrogens (tertiary/aromatic N) is 3. The van der Waals surface area contributed by atoms with Crippen LogP contribution in [-0.4, -0.2) is 51.0 Å². The van der Waals surface area contributed by atoms with Crippen LogP contribution in [0.4, 0.5) is 8.78 Å². The van der Waals surface area contributed by atoms with Gasteiger partial charge < -0.3 is 15.2 Å². The number of carbonyl (C=O) groups excluding carboxylic acids is 1. The SMILES string of the molecule is Cc1cc(C(C)n2cc3c(C(=O)NCC(C)O)nccc3n2)ccc1OCC(C)(F)F. The summed E-state index contributed by atoms with van der Waals surface area (Å²) >= 11 is 0. The molecule has 7 nitrogen and oxygen atoms in total. The van der Waals surface area contributed by atoms with Gasteiger partial charge in [0.25, 0.3) is 11.8 Å². The number of aryl methyl sites for hydroxylation is 1. The molecule has 0 saturated heterocycles. The van der Waals surface area contributed by atoms with E-state index in [0.29, 0.717) is 16.7 Å². The van der Waals surface area contributed by atoms with Gasteiger partial charge >= 0.3 is 0 Å². The van der Waals surface area contributed by atoms with Crippen LogP contribution in [0.2, 0.25) is 0 Å². The first-order valence-electron chi connectivity index (χ1n) is 9.96. The summed E-state index contributed by atoms with van der Waals surface area (Å²) in [4.78, 5) is 16.6. The maximum absolute atomic E-state index is 13.1. The summed E-state index contributed by atoms with van der Waals surface area (Å²) in [6.07, 6.45) is 2.60. The summed E-state index contributed by atoms with van der Waals surface area (Å²) < 4.78 is 33.1. The molecule has 0 aliphatic rings. The van der Waals surface area contributed by atoms with Crippen LogP contribution in [0.25, 0.3) is 10.9 Å². The number of aliphatic hydroxyl groups is 1. The molecule has 0 saturated carbocycles. The third-order valence-electron chi connectivity index (χ3n) is 4.78. The number of alkyl halides is 2. The number of halogens is 2. The summed E-state index contributed by atoms with van der Waals surface area (Å²) in [5.74, 6) is -2.88. The highest BCUT2D eigenvalue weighted by atomic mass is 19.3. The fourth-order valence-corrected chi connectivity index (χ4v) is 3.12. The Hall–Kier alpha value is -3.07. The van der Waals surface area contributed by atoms with E-state index in [2.05, 4.69) is 15.4 Å². The number of aliphatic hydroxyl groups excluding tert-OH is 1. The maximum Gasteiger partial charge on any atom is 0.278 e. The highest BCUT2D eigenvalue weighted by molar-refractivity contribution is 6.04. The zero-order valence-corrected chi connectivity index (χ0v) is 17.9. The lowest BCUT2D eigenvalue weighted by Gasteiger charge is -2.17. The molecule has 3 rings (SSSR count). The van der Waals surface area contributed by atoms with Crippen LogP contribution in [0.5, 0.6) is 5.75 Å². The number of benzene rings is 1. The van der Waals surface area contributed by atoms with Gasteiger partial charge in [0.15, 0.2) is 6.61 Å². The van der Waals surface area contributed by atoms with Gasteiger partial charge in [-0.3, -0.25) is 14.5 Å². The van der Waals surface area contributed by atoms with Crippen molar-refractivity contribution in [3.05, 3.63) is 53.5 Å². The molecule has 2 unspecified atom stereocenters. The number of aromatic nitrogens is 3. The molecule has 0 aliphatic heterocycles. The number of hydrogen-bond donors (Lipinski definition) is 2. The number of pyridine rings is 1. The largest absolute Gasteiger partial charge is 0.487 e. The molecule has 0 aliphatic carbocycles. The average Bonchev–Trinajstić information content (AvgIpc) is 3.14. The van der Waals surface area contributed by atoms with Crippen molar-refractivity contribution >= 4 is 16.8 Å². The van der Waals surface area contributed by atoms with E-state index in [0.717, 1.165) is 18.1 Å². The predicted molar refractivity (Wildman–Crippen MR) is 113 cm³/mol. The van der Waals surface area contributed by atoms with Crippen LogP contribution < -0.4 is 10.1 Å². The lowest BCUT2D eigenvalue weighted by Crippen LogP contribution is -2.31. The quantitative estimate of drug-likeness (QED) is 0.569. The molecule has 1 amide bonds. The summed E-state index contributed by atoms with van der Waals surface area (Å²) in [5.41, 5.74) is 2.50. The summed E-state index contributed by atoms with van der Waals surface area (Å²) in [5, 5.41) is 17.2. The number of carbonyl (C=O) groups is 1. The molecule has 2 N–H and O–H groups in total. The molecule has 0 fully saturated rings. The van der Waals surface area contributed by atoms with E-state index in [9.17, 15) is 18.7 Å². The normalized spacial score (nSPS) is 13.8. The van der Waals surface area contributed by atoms with Crippen molar-refractivity contribution in [1.29, 1.82) is 0 Å². The first-order valence-corrected chi connectivity index (χ1v) is 9.96. The van der Waals surface area contributed by atoms with Gasteiger partial charge in [0, 0.05) is 25.9 Å². The van der Waals surface area contributed by atoms with Crippen LogP contribution in [-0.2, 0) is 0 Å². The van der Waals surface area contributed by atoms with Crippen molar-refractivity contribution in [1.82, 2.24) is 20.1 Å². The molecule has 1 aromatic carbocycles. The van der Waals surface area contributed by atoms with Crippen LogP contribution in [0.15, 0.2) is 36.7 Å². The highest BCUT2D eigenvalue weighted by Gasteiger charge is 2.23. The Labute approximate surface area is 179 Å². The summed E-state index contributed by atoms with van der Waals surface area (Å²) in [7, 11) is 0. The van der Waals surface area contributed by atoms with E-state index in [4.69, 9.17) is 4.74 Å². The molecule has 31 heavy (non-hydrogen) atoms. The van der Waals surface area contributed by atoms with E-state index in [1.807, 2.05) is 19.1 Å². The average molecular weight is 432 g/mol. The van der Waals surface area contributed by atoms with Crippen molar-refractivity contribution in [3.63, 3.8) is 0 Å². The van der Waals surface area contributed by atoms with Crippen molar-refractivity contribution in [2.45, 2.75) is 45.8 Å². The maximum atomic E-state index is 13.1. The number of rotatable bonds is 8. The second-order valence-corrected chi connectivity index (χ2v) is 7.82. The second kappa shape index (κ2) is 8.97. The minimum absolute atomic E-state index is 0.124. The lowest BCUT2D eigenvalue weighted by atomic mass is 10.1. The molecule has 3 aromatic rings. The molecular weight excluding hydrogens is 406 g/mol. The monoisotopic (exact) mass is 432 g/mol. The molecule has 2 heterocycles. The number of amides is 1. The van der Waals surface area contributed by atoms with Crippen LogP contribution >= 0.6 is 0 Å². The zero-order valence-electron chi connectivity index (χ0n) is 17.9. The van der Waals surface area contributed by atoms with E-state index in [1.165, 1.54) is 6.20 Å². The van der Waals surface area contributed by atoms with Crippen LogP contribution in [0.3, 0.4) is 0 Å². The molecule has 2 aromatic heterocycles.